The fourth-order valence-corrected chi connectivity index (χ4v) is 2.18. The van der Waals surface area contributed by atoms with Crippen molar-refractivity contribution in [3.63, 3.8) is 0 Å². The zero-order valence-corrected chi connectivity index (χ0v) is 13.2. The molecule has 23 heavy (non-hydrogen) atoms. The van der Waals surface area contributed by atoms with Crippen molar-refractivity contribution in [1.29, 1.82) is 0 Å². The molecule has 0 atom stereocenters. The maximum atomic E-state index is 12.6. The molecule has 0 unspecified atom stereocenters. The Hall–Kier alpha value is -2.31. The molecule has 0 spiro atoms. The Morgan fingerprint density at radius 2 is 1.96 bits per heavy atom. The number of anilines is 1. The average Bonchev–Trinajstić information content (AvgIpc) is 2.83. The van der Waals surface area contributed by atoms with Gasteiger partial charge in [0.05, 0.1) is 0 Å². The van der Waals surface area contributed by atoms with Gasteiger partial charge in [0.1, 0.15) is 0 Å². The van der Waals surface area contributed by atoms with Gasteiger partial charge in [0.15, 0.2) is 5.69 Å². The van der Waals surface area contributed by atoms with Gasteiger partial charge in [0.25, 0.3) is 0 Å². The molecule has 2 rings (SSSR count). The van der Waals surface area contributed by atoms with Crippen LogP contribution in [0.15, 0.2) is 24.3 Å². The number of rotatable bonds is 4. The number of aryl methyl sites for hydroxylation is 3. The van der Waals surface area contributed by atoms with Crippen LogP contribution in [0.3, 0.4) is 0 Å². The number of hydrogen-bond acceptors (Lipinski definition) is 2. The maximum Gasteiger partial charge on any atom is 0.435 e. The van der Waals surface area contributed by atoms with E-state index in [9.17, 15) is 18.0 Å². The van der Waals surface area contributed by atoms with Gasteiger partial charge in [-0.3, -0.25) is 9.48 Å². The van der Waals surface area contributed by atoms with E-state index >= 15 is 0 Å². The lowest BCUT2D eigenvalue weighted by Crippen LogP contribution is -2.17. The lowest BCUT2D eigenvalue weighted by molar-refractivity contribution is -0.141. The number of benzene rings is 1. The van der Waals surface area contributed by atoms with E-state index in [1.165, 1.54) is 11.6 Å². The molecule has 7 heteroatoms. The number of nitrogens with zero attached hydrogens (tertiary/aromatic N) is 2. The van der Waals surface area contributed by atoms with E-state index in [-0.39, 0.29) is 18.9 Å². The van der Waals surface area contributed by atoms with E-state index in [2.05, 4.69) is 10.4 Å². The molecule has 0 fully saturated rings. The molecule has 0 aliphatic rings. The van der Waals surface area contributed by atoms with Crippen LogP contribution in [0.4, 0.5) is 18.9 Å². The highest BCUT2D eigenvalue weighted by molar-refractivity contribution is 5.91. The molecular formula is C16H18F3N3O. The molecule has 0 bridgehead atoms. The van der Waals surface area contributed by atoms with Crippen LogP contribution in [0, 0.1) is 20.8 Å². The van der Waals surface area contributed by atoms with Gasteiger partial charge in [0.2, 0.25) is 5.91 Å². The smallest absolute Gasteiger partial charge is 0.326 e. The van der Waals surface area contributed by atoms with Gasteiger partial charge in [-0.05, 0) is 44.0 Å². The standard InChI is InChI=1S/C16H18F3N3O/c1-10-5-4-6-13(12(10)3)20-15(23)7-8-22-11(2)9-14(21-22)16(17,18)19/h4-6,9H,7-8H2,1-3H3,(H,20,23). The van der Waals surface area contributed by atoms with Gasteiger partial charge in [0, 0.05) is 24.3 Å². The van der Waals surface area contributed by atoms with E-state index in [1.54, 1.807) is 6.07 Å². The quantitative estimate of drug-likeness (QED) is 0.928. The molecule has 0 aliphatic heterocycles. The first kappa shape index (κ1) is 17.1. The Morgan fingerprint density at radius 1 is 1.26 bits per heavy atom. The summed E-state index contributed by atoms with van der Waals surface area (Å²) < 4.78 is 39.0. The van der Waals surface area contributed by atoms with Crippen LogP contribution in [0.5, 0.6) is 0 Å². The third-order valence-corrected chi connectivity index (χ3v) is 3.70. The molecule has 2 aromatic rings. The lowest BCUT2D eigenvalue weighted by Gasteiger charge is -2.10. The highest BCUT2D eigenvalue weighted by Crippen LogP contribution is 2.28. The summed E-state index contributed by atoms with van der Waals surface area (Å²) in [7, 11) is 0. The van der Waals surface area contributed by atoms with Crippen molar-refractivity contribution >= 4 is 11.6 Å². The molecule has 4 nitrogen and oxygen atoms in total. The summed E-state index contributed by atoms with van der Waals surface area (Å²) in [5, 5.41) is 6.28. The van der Waals surface area contributed by atoms with Crippen molar-refractivity contribution in [3.05, 3.63) is 46.8 Å². The second-order valence-electron chi connectivity index (χ2n) is 5.44. The number of carbonyl (C=O) groups is 1. The van der Waals surface area contributed by atoms with Crippen molar-refractivity contribution in [3.8, 4) is 0 Å². The summed E-state index contributed by atoms with van der Waals surface area (Å²) in [5.74, 6) is -0.262. The fourth-order valence-electron chi connectivity index (χ4n) is 2.18. The highest BCUT2D eigenvalue weighted by Gasteiger charge is 2.34. The van der Waals surface area contributed by atoms with Crippen LogP contribution in [0.1, 0.15) is 28.9 Å². The van der Waals surface area contributed by atoms with Crippen LogP contribution < -0.4 is 5.32 Å². The molecule has 1 heterocycles. The number of hydrogen-bond donors (Lipinski definition) is 1. The molecule has 0 saturated carbocycles. The number of aromatic nitrogens is 2. The number of nitrogens with one attached hydrogen (secondary N) is 1. The zero-order valence-electron chi connectivity index (χ0n) is 13.2. The van der Waals surface area contributed by atoms with Crippen LogP contribution in [-0.4, -0.2) is 15.7 Å². The Kier molecular flexibility index (Phi) is 4.77. The first-order chi connectivity index (χ1) is 10.7. The summed E-state index contributed by atoms with van der Waals surface area (Å²) in [5.41, 5.74) is 2.17. The van der Waals surface area contributed by atoms with Crippen LogP contribution in [0.2, 0.25) is 0 Å². The molecule has 1 amide bonds. The Balaban J connectivity index is 2.00. The van der Waals surface area contributed by atoms with Crippen molar-refractivity contribution in [2.75, 3.05) is 5.32 Å². The average molecular weight is 325 g/mol. The molecule has 124 valence electrons. The van der Waals surface area contributed by atoms with Gasteiger partial charge < -0.3 is 5.32 Å². The van der Waals surface area contributed by atoms with Gasteiger partial charge in [-0.2, -0.15) is 18.3 Å². The van der Waals surface area contributed by atoms with Crippen molar-refractivity contribution < 1.29 is 18.0 Å². The van der Waals surface area contributed by atoms with E-state index < -0.39 is 11.9 Å². The number of carbonyl (C=O) groups excluding carboxylic acids is 1. The molecule has 0 saturated heterocycles. The van der Waals surface area contributed by atoms with E-state index in [1.807, 2.05) is 26.0 Å². The van der Waals surface area contributed by atoms with Crippen LogP contribution >= 0.6 is 0 Å². The Bertz CT molecular complexity index is 720. The molecule has 0 radical (unpaired) electrons. The summed E-state index contributed by atoms with van der Waals surface area (Å²) in [4.78, 5) is 12.0. The van der Waals surface area contributed by atoms with Crippen molar-refractivity contribution in [2.24, 2.45) is 0 Å². The summed E-state index contributed by atoms with van der Waals surface area (Å²) >= 11 is 0. The van der Waals surface area contributed by atoms with Crippen molar-refractivity contribution in [2.45, 2.75) is 39.9 Å². The van der Waals surface area contributed by atoms with E-state index in [4.69, 9.17) is 0 Å². The second kappa shape index (κ2) is 6.44. The predicted octanol–water partition coefficient (Wildman–Crippen LogP) is 3.86. The summed E-state index contributed by atoms with van der Waals surface area (Å²) in [6.45, 7) is 5.47. The van der Waals surface area contributed by atoms with Crippen LogP contribution in [-0.2, 0) is 17.5 Å². The predicted molar refractivity (Wildman–Crippen MR) is 81.1 cm³/mol. The number of amides is 1. The highest BCUT2D eigenvalue weighted by atomic mass is 19.4. The van der Waals surface area contributed by atoms with Gasteiger partial charge in [-0.25, -0.2) is 0 Å². The van der Waals surface area contributed by atoms with Gasteiger partial charge in [-0.1, -0.05) is 12.1 Å². The first-order valence-electron chi connectivity index (χ1n) is 7.16. The lowest BCUT2D eigenvalue weighted by atomic mass is 10.1. The van der Waals surface area contributed by atoms with Crippen LogP contribution in [0.25, 0.3) is 0 Å². The maximum absolute atomic E-state index is 12.6. The third-order valence-electron chi connectivity index (χ3n) is 3.70. The minimum atomic E-state index is -4.48. The summed E-state index contributed by atoms with van der Waals surface area (Å²) in [6.07, 6.45) is -4.43. The van der Waals surface area contributed by atoms with E-state index in [0.29, 0.717) is 11.4 Å². The Labute approximate surface area is 132 Å². The van der Waals surface area contributed by atoms with Crippen molar-refractivity contribution in [1.82, 2.24) is 9.78 Å². The fraction of sp³-hybridized carbons (Fsp3) is 0.375. The second-order valence-corrected chi connectivity index (χ2v) is 5.44. The number of alkyl halides is 3. The molecular weight excluding hydrogens is 307 g/mol. The first-order valence-corrected chi connectivity index (χ1v) is 7.16. The molecule has 1 N–H and O–H groups in total. The third kappa shape index (κ3) is 4.12. The Morgan fingerprint density at radius 3 is 2.57 bits per heavy atom. The monoisotopic (exact) mass is 325 g/mol. The molecule has 0 aliphatic carbocycles. The zero-order chi connectivity index (χ0) is 17.2. The molecule has 1 aromatic carbocycles. The molecule has 1 aromatic heterocycles. The minimum absolute atomic E-state index is 0.0488. The van der Waals surface area contributed by atoms with Gasteiger partial charge >= 0.3 is 6.18 Å². The SMILES string of the molecule is Cc1cccc(NC(=O)CCn2nc(C(F)(F)F)cc2C)c1C. The minimum Gasteiger partial charge on any atom is -0.326 e. The largest absolute Gasteiger partial charge is 0.435 e. The normalized spacial score (nSPS) is 11.6. The summed E-state index contributed by atoms with van der Waals surface area (Å²) in [6, 6.07) is 6.55. The number of halogens is 3. The topological polar surface area (TPSA) is 46.9 Å². The van der Waals surface area contributed by atoms with Gasteiger partial charge in [-0.15, -0.1) is 0 Å². The van der Waals surface area contributed by atoms with E-state index in [0.717, 1.165) is 17.2 Å².